The minimum Gasteiger partial charge on any atom is -0.495 e. The quantitative estimate of drug-likeness (QED) is 0.234. The van der Waals surface area contributed by atoms with Gasteiger partial charge in [-0.25, -0.2) is 5.43 Å². The topological polar surface area (TPSA) is 136 Å². The van der Waals surface area contributed by atoms with Crippen LogP contribution >= 0.6 is 0 Å². The number of nitrogens with one attached hydrogen (secondary N) is 2. The van der Waals surface area contributed by atoms with E-state index < -0.39 is 10.8 Å². The number of hydrazone groups is 1. The molecule has 0 bridgehead atoms. The molecule has 4 rings (SSSR count). The first-order chi connectivity index (χ1) is 16.4. The number of amides is 2. The summed E-state index contributed by atoms with van der Waals surface area (Å²) in [5.74, 6) is -0.527. The van der Waals surface area contributed by atoms with E-state index in [1.54, 1.807) is 19.1 Å². The highest BCUT2D eigenvalue weighted by atomic mass is 16.6. The Kier molecular flexibility index (Phi) is 6.22. The molecule has 0 atom stereocenters. The third-order valence-corrected chi connectivity index (χ3v) is 5.06. The van der Waals surface area contributed by atoms with Gasteiger partial charge in [-0.1, -0.05) is 24.3 Å². The van der Waals surface area contributed by atoms with Crippen molar-refractivity contribution in [3.8, 4) is 5.75 Å². The predicted molar refractivity (Wildman–Crippen MR) is 127 cm³/mol. The Bertz CT molecular complexity index is 1460. The Labute approximate surface area is 193 Å². The van der Waals surface area contributed by atoms with Crippen molar-refractivity contribution < 1.29 is 23.7 Å². The van der Waals surface area contributed by atoms with Crippen molar-refractivity contribution in [3.05, 3.63) is 76.3 Å². The first-order valence-corrected chi connectivity index (χ1v) is 10.2. The molecule has 1 aromatic heterocycles. The van der Waals surface area contributed by atoms with E-state index in [0.29, 0.717) is 22.7 Å². The van der Waals surface area contributed by atoms with Gasteiger partial charge in [-0.3, -0.25) is 19.7 Å². The predicted octanol–water partition coefficient (Wildman–Crippen LogP) is 4.64. The van der Waals surface area contributed by atoms with Crippen LogP contribution in [0.25, 0.3) is 21.9 Å². The van der Waals surface area contributed by atoms with Crippen LogP contribution in [0.4, 0.5) is 11.4 Å². The van der Waals surface area contributed by atoms with Crippen molar-refractivity contribution in [2.24, 2.45) is 5.10 Å². The Morgan fingerprint density at radius 3 is 2.62 bits per heavy atom. The molecular formula is C24H20N4O6. The highest BCUT2D eigenvalue weighted by Gasteiger charge is 2.15. The second kappa shape index (κ2) is 9.41. The second-order valence-electron chi connectivity index (χ2n) is 7.47. The first kappa shape index (κ1) is 22.5. The van der Waals surface area contributed by atoms with Gasteiger partial charge in [-0.05, 0) is 25.1 Å². The third-order valence-electron chi connectivity index (χ3n) is 5.06. The number of anilines is 1. The molecule has 0 spiro atoms. The number of ether oxygens (including phenoxy) is 1. The number of carbonyl (C=O) groups excluding carboxylic acids is 2. The molecule has 0 aliphatic heterocycles. The summed E-state index contributed by atoms with van der Waals surface area (Å²) in [4.78, 5) is 35.1. The van der Waals surface area contributed by atoms with Crippen LogP contribution in [0.1, 0.15) is 23.7 Å². The minimum atomic E-state index is -0.625. The number of non-ortho nitro benzene ring substituents is 1. The lowest BCUT2D eigenvalue weighted by Gasteiger charge is -2.10. The van der Waals surface area contributed by atoms with Crippen molar-refractivity contribution in [2.45, 2.75) is 13.3 Å². The SMILES string of the molecule is COc1cc2c(cc1NC(=O)CC(C)=NNC(=O)c1cccc([N+](=O)[O-])c1)oc1ccccc12. The summed E-state index contributed by atoms with van der Waals surface area (Å²) in [5, 5.41) is 19.4. The van der Waals surface area contributed by atoms with Crippen LogP contribution in [-0.4, -0.2) is 29.6 Å². The monoisotopic (exact) mass is 460 g/mol. The van der Waals surface area contributed by atoms with Crippen LogP contribution < -0.4 is 15.5 Å². The molecule has 0 aliphatic rings. The van der Waals surface area contributed by atoms with Crippen LogP contribution in [0.2, 0.25) is 0 Å². The molecule has 10 nitrogen and oxygen atoms in total. The Hall–Kier alpha value is -4.73. The second-order valence-corrected chi connectivity index (χ2v) is 7.47. The Balaban J connectivity index is 1.45. The van der Waals surface area contributed by atoms with Gasteiger partial charge in [0.1, 0.15) is 16.9 Å². The molecule has 0 saturated carbocycles. The average Bonchev–Trinajstić information content (AvgIpc) is 3.19. The standard InChI is InChI=1S/C24H20N4O6/c1-14(26-27-24(30)15-6-5-7-16(11-15)28(31)32)10-23(29)25-19-13-21-18(12-22(19)33-2)17-8-3-4-9-20(17)34-21/h3-9,11-13H,10H2,1-2H3,(H,25,29)(H,27,30). The summed E-state index contributed by atoms with van der Waals surface area (Å²) in [5.41, 5.74) is 4.28. The van der Waals surface area contributed by atoms with Crippen LogP contribution in [0, 0.1) is 10.1 Å². The molecule has 4 aromatic rings. The van der Waals surface area contributed by atoms with Gasteiger partial charge < -0.3 is 14.5 Å². The van der Waals surface area contributed by atoms with E-state index in [2.05, 4.69) is 15.8 Å². The van der Waals surface area contributed by atoms with Gasteiger partial charge in [-0.15, -0.1) is 0 Å². The van der Waals surface area contributed by atoms with Crippen LogP contribution in [-0.2, 0) is 4.79 Å². The molecule has 2 N–H and O–H groups in total. The Morgan fingerprint density at radius 2 is 1.85 bits per heavy atom. The molecule has 0 unspecified atom stereocenters. The highest BCUT2D eigenvalue weighted by Crippen LogP contribution is 2.36. The van der Waals surface area contributed by atoms with Gasteiger partial charge in [0.25, 0.3) is 11.6 Å². The zero-order chi connectivity index (χ0) is 24.2. The van der Waals surface area contributed by atoms with E-state index in [1.807, 2.05) is 24.3 Å². The zero-order valence-corrected chi connectivity index (χ0v) is 18.3. The van der Waals surface area contributed by atoms with Gasteiger partial charge in [0.05, 0.1) is 24.1 Å². The van der Waals surface area contributed by atoms with E-state index >= 15 is 0 Å². The lowest BCUT2D eigenvalue weighted by Crippen LogP contribution is -2.21. The molecule has 0 saturated heterocycles. The molecule has 10 heteroatoms. The summed E-state index contributed by atoms with van der Waals surface area (Å²) in [7, 11) is 1.51. The van der Waals surface area contributed by atoms with Gasteiger partial charge in [-0.2, -0.15) is 5.10 Å². The number of nitrogens with zero attached hydrogens (tertiary/aromatic N) is 2. The van der Waals surface area contributed by atoms with Gasteiger partial charge in [0, 0.05) is 40.2 Å². The number of benzene rings is 3. The molecule has 34 heavy (non-hydrogen) atoms. The van der Waals surface area contributed by atoms with Crippen molar-refractivity contribution in [1.82, 2.24) is 5.43 Å². The summed E-state index contributed by atoms with van der Waals surface area (Å²) < 4.78 is 11.3. The zero-order valence-electron chi connectivity index (χ0n) is 18.3. The molecule has 0 radical (unpaired) electrons. The molecule has 3 aromatic carbocycles. The molecule has 0 aliphatic carbocycles. The smallest absolute Gasteiger partial charge is 0.271 e. The maximum absolute atomic E-state index is 12.6. The van der Waals surface area contributed by atoms with Crippen LogP contribution in [0.5, 0.6) is 5.75 Å². The number of rotatable bonds is 7. The number of nitro benzene ring substituents is 1. The van der Waals surface area contributed by atoms with Crippen molar-refractivity contribution in [2.75, 3.05) is 12.4 Å². The maximum Gasteiger partial charge on any atom is 0.271 e. The molecule has 2 amide bonds. The normalized spacial score (nSPS) is 11.4. The molecule has 1 heterocycles. The van der Waals surface area contributed by atoms with Crippen molar-refractivity contribution >= 4 is 50.8 Å². The Morgan fingerprint density at radius 1 is 1.06 bits per heavy atom. The number of furan rings is 1. The minimum absolute atomic E-state index is 0.0825. The van der Waals surface area contributed by atoms with E-state index in [4.69, 9.17) is 9.15 Å². The van der Waals surface area contributed by atoms with E-state index in [9.17, 15) is 19.7 Å². The van der Waals surface area contributed by atoms with E-state index in [0.717, 1.165) is 22.4 Å². The molecule has 0 fully saturated rings. The highest BCUT2D eigenvalue weighted by molar-refractivity contribution is 6.10. The maximum atomic E-state index is 12.6. The fourth-order valence-corrected chi connectivity index (χ4v) is 3.46. The number of para-hydroxylation sites is 1. The summed E-state index contributed by atoms with van der Waals surface area (Å²) in [6.07, 6.45) is -0.101. The number of fused-ring (bicyclic) bond motifs is 3. The van der Waals surface area contributed by atoms with Gasteiger partial charge in [0.15, 0.2) is 0 Å². The molecular weight excluding hydrogens is 440 g/mol. The first-order valence-electron chi connectivity index (χ1n) is 10.2. The summed E-state index contributed by atoms with van der Waals surface area (Å²) >= 11 is 0. The molecule has 172 valence electrons. The van der Waals surface area contributed by atoms with Gasteiger partial charge in [0.2, 0.25) is 5.91 Å². The number of hydrogen-bond acceptors (Lipinski definition) is 7. The third kappa shape index (κ3) is 4.70. The lowest BCUT2D eigenvalue weighted by molar-refractivity contribution is -0.384. The van der Waals surface area contributed by atoms with Crippen LogP contribution in [0.3, 0.4) is 0 Å². The van der Waals surface area contributed by atoms with E-state index in [-0.39, 0.29) is 23.6 Å². The number of methoxy groups -OCH3 is 1. The largest absolute Gasteiger partial charge is 0.495 e. The van der Waals surface area contributed by atoms with Gasteiger partial charge >= 0.3 is 0 Å². The summed E-state index contributed by atoms with van der Waals surface area (Å²) in [6, 6.07) is 16.4. The lowest BCUT2D eigenvalue weighted by atomic mass is 10.1. The average molecular weight is 460 g/mol. The fraction of sp³-hybridized carbons (Fsp3) is 0.125. The number of nitro groups is 1. The number of carbonyl (C=O) groups is 2. The van der Waals surface area contributed by atoms with Crippen molar-refractivity contribution in [1.29, 1.82) is 0 Å². The van der Waals surface area contributed by atoms with Crippen molar-refractivity contribution in [3.63, 3.8) is 0 Å². The van der Waals surface area contributed by atoms with E-state index in [1.165, 1.54) is 25.3 Å². The van der Waals surface area contributed by atoms with Crippen LogP contribution in [0.15, 0.2) is 70.2 Å². The summed E-state index contributed by atoms with van der Waals surface area (Å²) in [6.45, 7) is 1.58. The number of hydrogen-bond donors (Lipinski definition) is 2. The fourth-order valence-electron chi connectivity index (χ4n) is 3.46.